The van der Waals surface area contributed by atoms with Crippen LogP contribution in [-0.2, 0) is 10.2 Å². The fourth-order valence-electron chi connectivity index (χ4n) is 2.04. The van der Waals surface area contributed by atoms with Gasteiger partial charge < -0.3 is 5.73 Å². The molecular formula is C12H18BrN3O2S. The van der Waals surface area contributed by atoms with Crippen molar-refractivity contribution in [2.45, 2.75) is 19.8 Å². The molecule has 0 aliphatic carbocycles. The number of halogens is 1. The maximum Gasteiger partial charge on any atom is 0.301 e. The quantitative estimate of drug-likeness (QED) is 0.824. The van der Waals surface area contributed by atoms with Gasteiger partial charge in [0, 0.05) is 23.2 Å². The topological polar surface area (TPSA) is 75.4 Å². The Morgan fingerprint density at radius 2 is 2.00 bits per heavy atom. The average Bonchev–Trinajstić information content (AvgIpc) is 2.33. The van der Waals surface area contributed by atoms with E-state index < -0.39 is 10.2 Å². The molecule has 1 fully saturated rings. The highest BCUT2D eigenvalue weighted by atomic mass is 79.9. The number of hydrogen-bond donors (Lipinski definition) is 2. The van der Waals surface area contributed by atoms with Crippen LogP contribution < -0.4 is 10.5 Å². The Morgan fingerprint density at radius 1 is 1.37 bits per heavy atom. The Kier molecular flexibility index (Phi) is 4.37. The van der Waals surface area contributed by atoms with Crippen molar-refractivity contribution in [3.05, 3.63) is 22.7 Å². The van der Waals surface area contributed by atoms with Gasteiger partial charge in [0.05, 0.1) is 5.69 Å². The predicted octanol–water partition coefficient (Wildman–Crippen LogP) is 2.42. The molecule has 7 heteroatoms. The molecule has 1 aromatic carbocycles. The molecule has 1 aliphatic rings. The molecule has 0 saturated carbocycles. The third kappa shape index (κ3) is 3.61. The number of rotatable bonds is 3. The summed E-state index contributed by atoms with van der Waals surface area (Å²) in [6.45, 7) is 3.29. The summed E-state index contributed by atoms with van der Waals surface area (Å²) in [7, 11) is -3.48. The zero-order valence-corrected chi connectivity index (χ0v) is 13.2. The van der Waals surface area contributed by atoms with E-state index in [1.807, 2.05) is 0 Å². The minimum Gasteiger partial charge on any atom is -0.399 e. The lowest BCUT2D eigenvalue weighted by atomic mass is 10.0. The maximum atomic E-state index is 12.3. The van der Waals surface area contributed by atoms with Gasteiger partial charge >= 0.3 is 10.2 Å². The Hall–Kier alpha value is -0.790. The number of piperidine rings is 1. The summed E-state index contributed by atoms with van der Waals surface area (Å²) in [6, 6.07) is 5.00. The molecule has 1 aliphatic heterocycles. The average molecular weight is 348 g/mol. The SMILES string of the molecule is CC1CCN(S(=O)(=O)Nc2ccc(N)cc2Br)CC1. The lowest BCUT2D eigenvalue weighted by Gasteiger charge is -2.29. The number of nitrogens with two attached hydrogens (primary N) is 1. The van der Waals surface area contributed by atoms with Gasteiger partial charge in [-0.2, -0.15) is 12.7 Å². The van der Waals surface area contributed by atoms with Crippen molar-refractivity contribution in [1.29, 1.82) is 0 Å². The van der Waals surface area contributed by atoms with E-state index >= 15 is 0 Å². The maximum absolute atomic E-state index is 12.3. The Labute approximate surface area is 122 Å². The van der Waals surface area contributed by atoms with Crippen LogP contribution in [0.15, 0.2) is 22.7 Å². The fourth-order valence-corrected chi connectivity index (χ4v) is 3.95. The molecule has 2 rings (SSSR count). The summed E-state index contributed by atoms with van der Waals surface area (Å²) in [5.41, 5.74) is 6.72. The lowest BCUT2D eigenvalue weighted by Crippen LogP contribution is -2.41. The van der Waals surface area contributed by atoms with Gasteiger partial charge in [-0.1, -0.05) is 6.92 Å². The first-order chi connectivity index (χ1) is 8.88. The van der Waals surface area contributed by atoms with Gasteiger partial charge in [0.2, 0.25) is 0 Å². The first kappa shape index (κ1) is 14.6. The van der Waals surface area contributed by atoms with E-state index in [0.29, 0.717) is 34.9 Å². The Bertz CT molecular complexity index is 554. The highest BCUT2D eigenvalue weighted by Crippen LogP contribution is 2.27. The normalized spacial score (nSPS) is 18.4. The molecule has 106 valence electrons. The molecular weight excluding hydrogens is 330 g/mol. The van der Waals surface area contributed by atoms with E-state index in [1.54, 1.807) is 18.2 Å². The molecule has 5 nitrogen and oxygen atoms in total. The van der Waals surface area contributed by atoms with Crippen molar-refractivity contribution < 1.29 is 8.42 Å². The third-order valence-corrected chi connectivity index (χ3v) is 5.49. The second kappa shape index (κ2) is 5.68. The molecule has 3 N–H and O–H groups in total. The van der Waals surface area contributed by atoms with Gasteiger partial charge in [0.15, 0.2) is 0 Å². The van der Waals surface area contributed by atoms with Gasteiger partial charge in [-0.25, -0.2) is 0 Å². The standard InChI is InChI=1S/C12H18BrN3O2S/c1-9-4-6-16(7-5-9)19(17,18)15-12-3-2-10(14)8-11(12)13/h2-3,8-9,15H,4-7,14H2,1H3. The number of nitrogens with one attached hydrogen (secondary N) is 1. The van der Waals surface area contributed by atoms with Crippen molar-refractivity contribution in [1.82, 2.24) is 4.31 Å². The van der Waals surface area contributed by atoms with Crippen LogP contribution in [0.5, 0.6) is 0 Å². The van der Waals surface area contributed by atoms with Crippen molar-refractivity contribution in [3.8, 4) is 0 Å². The zero-order chi connectivity index (χ0) is 14.0. The minimum absolute atomic E-state index is 0.507. The summed E-state index contributed by atoms with van der Waals surface area (Å²) in [4.78, 5) is 0. The lowest BCUT2D eigenvalue weighted by molar-refractivity contribution is 0.289. The van der Waals surface area contributed by atoms with Gasteiger partial charge in [0.25, 0.3) is 0 Å². The smallest absolute Gasteiger partial charge is 0.301 e. The van der Waals surface area contributed by atoms with E-state index in [9.17, 15) is 8.42 Å². The summed E-state index contributed by atoms with van der Waals surface area (Å²) in [6.07, 6.45) is 1.81. The molecule has 0 atom stereocenters. The monoisotopic (exact) mass is 347 g/mol. The van der Waals surface area contributed by atoms with E-state index in [2.05, 4.69) is 27.6 Å². The zero-order valence-electron chi connectivity index (χ0n) is 10.8. The highest BCUT2D eigenvalue weighted by Gasteiger charge is 2.26. The Balaban J connectivity index is 2.12. The summed E-state index contributed by atoms with van der Waals surface area (Å²) in [5.74, 6) is 0.592. The first-order valence-corrected chi connectivity index (χ1v) is 8.45. The molecule has 0 radical (unpaired) electrons. The van der Waals surface area contributed by atoms with Crippen LogP contribution in [0, 0.1) is 5.92 Å². The van der Waals surface area contributed by atoms with Crippen molar-refractivity contribution >= 4 is 37.5 Å². The number of hydrogen-bond acceptors (Lipinski definition) is 3. The summed E-state index contributed by atoms with van der Waals surface area (Å²) >= 11 is 3.31. The number of benzene rings is 1. The summed E-state index contributed by atoms with van der Waals surface area (Å²) in [5, 5.41) is 0. The van der Waals surface area contributed by atoms with Crippen LogP contribution in [0.4, 0.5) is 11.4 Å². The molecule has 1 aromatic rings. The number of nitrogens with zero attached hydrogens (tertiary/aromatic N) is 1. The number of nitrogen functional groups attached to an aromatic ring is 1. The van der Waals surface area contributed by atoms with Crippen LogP contribution in [0.1, 0.15) is 19.8 Å². The van der Waals surface area contributed by atoms with Crippen LogP contribution in [-0.4, -0.2) is 25.8 Å². The van der Waals surface area contributed by atoms with E-state index in [4.69, 9.17) is 5.73 Å². The van der Waals surface area contributed by atoms with Crippen LogP contribution in [0.2, 0.25) is 0 Å². The first-order valence-electron chi connectivity index (χ1n) is 6.21. The number of anilines is 2. The van der Waals surface area contributed by atoms with Crippen molar-refractivity contribution in [3.63, 3.8) is 0 Å². The third-order valence-electron chi connectivity index (χ3n) is 3.31. The fraction of sp³-hybridized carbons (Fsp3) is 0.500. The minimum atomic E-state index is -3.48. The molecule has 0 spiro atoms. The van der Waals surface area contributed by atoms with Crippen molar-refractivity contribution in [2.24, 2.45) is 5.92 Å². The van der Waals surface area contributed by atoms with Gasteiger partial charge in [-0.3, -0.25) is 4.72 Å². The molecule has 1 saturated heterocycles. The summed E-state index contributed by atoms with van der Waals surface area (Å²) < 4.78 is 29.3. The van der Waals surface area contributed by atoms with Crippen molar-refractivity contribution in [2.75, 3.05) is 23.5 Å². The van der Waals surface area contributed by atoms with Gasteiger partial charge in [0.1, 0.15) is 0 Å². The highest BCUT2D eigenvalue weighted by molar-refractivity contribution is 9.10. The van der Waals surface area contributed by atoms with Crippen LogP contribution >= 0.6 is 15.9 Å². The molecule has 0 unspecified atom stereocenters. The molecule has 19 heavy (non-hydrogen) atoms. The second-order valence-electron chi connectivity index (χ2n) is 4.93. The van der Waals surface area contributed by atoms with Crippen LogP contribution in [0.25, 0.3) is 0 Å². The molecule has 0 amide bonds. The molecule has 0 aromatic heterocycles. The van der Waals surface area contributed by atoms with Crippen LogP contribution in [0.3, 0.4) is 0 Å². The van der Waals surface area contributed by atoms with E-state index in [0.717, 1.165) is 12.8 Å². The Morgan fingerprint density at radius 3 is 2.58 bits per heavy atom. The molecule has 0 bridgehead atoms. The van der Waals surface area contributed by atoms with E-state index in [1.165, 1.54) is 4.31 Å². The predicted molar refractivity (Wildman–Crippen MR) is 81.1 cm³/mol. The van der Waals surface area contributed by atoms with E-state index in [-0.39, 0.29) is 0 Å². The largest absolute Gasteiger partial charge is 0.399 e. The van der Waals surface area contributed by atoms with Gasteiger partial charge in [-0.15, -0.1) is 0 Å². The second-order valence-corrected chi connectivity index (χ2v) is 7.45. The van der Waals surface area contributed by atoms with Gasteiger partial charge in [-0.05, 0) is 52.9 Å². The molecule has 1 heterocycles.